The number of nitrogens with one attached hydrogen (secondary N) is 1. The van der Waals surface area contributed by atoms with Crippen molar-refractivity contribution in [3.8, 4) is 5.69 Å². The van der Waals surface area contributed by atoms with E-state index >= 15 is 0 Å². The number of aromatic nitrogens is 3. The third-order valence-electron chi connectivity index (χ3n) is 3.12. The second-order valence-corrected chi connectivity index (χ2v) is 5.01. The fraction of sp³-hybridized carbons (Fsp3) is 0.273. The van der Waals surface area contributed by atoms with Gasteiger partial charge in [0, 0.05) is 22.5 Å². The van der Waals surface area contributed by atoms with E-state index in [0.29, 0.717) is 4.77 Å². The molecule has 0 unspecified atom stereocenters. The Labute approximate surface area is 122 Å². The molecule has 8 heteroatoms. The Bertz CT molecular complexity index is 664. The molecule has 2 aromatic rings. The van der Waals surface area contributed by atoms with Gasteiger partial charge in [0.05, 0.1) is 12.2 Å². The van der Waals surface area contributed by atoms with Crippen molar-refractivity contribution in [2.24, 2.45) is 0 Å². The summed E-state index contributed by atoms with van der Waals surface area (Å²) in [7, 11) is 13.0. The minimum Gasteiger partial charge on any atom is -0.279 e. The molecular formula is C11H12B4N3S. The fourth-order valence-corrected chi connectivity index (χ4v) is 2.40. The molecule has 2 rings (SSSR count). The molecule has 0 amide bonds. The Morgan fingerprint density at radius 2 is 2.00 bits per heavy atom. The number of aryl methyl sites for hydroxylation is 3. The van der Waals surface area contributed by atoms with E-state index < -0.39 is 0 Å². The summed E-state index contributed by atoms with van der Waals surface area (Å²) in [4.78, 5) is 4.20. The fourth-order valence-electron chi connectivity index (χ4n) is 2.12. The van der Waals surface area contributed by atoms with Crippen LogP contribution in [0, 0.1) is 25.5 Å². The van der Waals surface area contributed by atoms with Crippen LogP contribution in [0.4, 0.5) is 0 Å². The first-order valence-electron chi connectivity index (χ1n) is 6.02. The van der Waals surface area contributed by atoms with E-state index in [1.165, 1.54) is 7.06 Å². The Morgan fingerprint density at radius 1 is 1.32 bits per heavy atom. The van der Waals surface area contributed by atoms with Gasteiger partial charge in [-0.2, -0.15) is 0 Å². The summed E-state index contributed by atoms with van der Waals surface area (Å²) in [5, 5.41) is 3.13. The highest BCUT2D eigenvalue weighted by Crippen LogP contribution is 2.14. The molecule has 89 valence electrons. The lowest BCUT2D eigenvalue weighted by molar-refractivity contribution is 0.845. The van der Waals surface area contributed by atoms with Gasteiger partial charge in [-0.05, 0) is 44.6 Å². The van der Waals surface area contributed by atoms with Crippen molar-refractivity contribution in [2.45, 2.75) is 20.8 Å². The van der Waals surface area contributed by atoms with Crippen molar-refractivity contribution in [1.82, 2.24) is 14.8 Å². The molecule has 1 heterocycles. The summed E-state index contributed by atoms with van der Waals surface area (Å²) in [5.41, 5.74) is 4.14. The maximum absolute atomic E-state index is 5.96. The first-order chi connectivity index (χ1) is 8.93. The topological polar surface area (TPSA) is 33.6 Å². The van der Waals surface area contributed by atoms with Gasteiger partial charge in [-0.1, -0.05) is 17.1 Å². The summed E-state index contributed by atoms with van der Waals surface area (Å²) in [6, 6.07) is 4.08. The van der Waals surface area contributed by atoms with Gasteiger partial charge in [-0.15, -0.1) is 0 Å². The molecule has 0 atom stereocenters. The van der Waals surface area contributed by atoms with Gasteiger partial charge in [-0.25, -0.2) is 9.67 Å². The molecule has 1 aromatic heterocycles. The number of aromatic amines is 1. The zero-order valence-electron chi connectivity index (χ0n) is 11.3. The number of hydrogen-bond donors (Lipinski definition) is 1. The van der Waals surface area contributed by atoms with E-state index in [4.69, 9.17) is 27.7 Å². The second kappa shape index (κ2) is 5.45. The van der Waals surface area contributed by atoms with Crippen molar-refractivity contribution in [3.05, 3.63) is 33.9 Å². The summed E-state index contributed by atoms with van der Waals surface area (Å²) in [5.74, 6) is 0.790. The van der Waals surface area contributed by atoms with Gasteiger partial charge in [-0.3, -0.25) is 5.10 Å². The van der Waals surface area contributed by atoms with Crippen LogP contribution in [0.3, 0.4) is 0 Å². The van der Waals surface area contributed by atoms with Crippen LogP contribution in [-0.4, -0.2) is 43.8 Å². The zero-order chi connectivity index (χ0) is 14.2. The summed E-state index contributed by atoms with van der Waals surface area (Å²) >= 11 is 5.23. The van der Waals surface area contributed by atoms with Crippen molar-refractivity contribution >= 4 is 46.7 Å². The van der Waals surface area contributed by atoms with Crippen LogP contribution in [0.5, 0.6) is 0 Å². The average Bonchev–Trinajstić information content (AvgIpc) is 2.69. The number of nitrogens with zero attached hydrogens (tertiary/aromatic N) is 2. The standard InChI is InChI=1S/C11H12B4N3S/c1-6-5-10(18-11(19)16-8(3)17-18)7(2)4-9(6)15(13)14-12/h4-5H,1-3H3,(H,16,17,19). The maximum Gasteiger partial charge on any atom is 0.220 e. The summed E-state index contributed by atoms with van der Waals surface area (Å²) < 4.78 is 2.32. The van der Waals surface area contributed by atoms with Crippen LogP contribution in [0.15, 0.2) is 12.1 Å². The van der Waals surface area contributed by atoms with E-state index in [-0.39, 0.29) is 6.49 Å². The molecular weight excluding hydrogens is 249 g/mol. The molecule has 0 saturated carbocycles. The number of H-pyrrole nitrogens is 1. The van der Waals surface area contributed by atoms with Crippen molar-refractivity contribution in [3.63, 3.8) is 0 Å². The van der Waals surface area contributed by atoms with Crippen molar-refractivity contribution in [2.75, 3.05) is 0 Å². The van der Waals surface area contributed by atoms with Crippen LogP contribution < -0.4 is 5.46 Å². The Balaban J connectivity index is 2.58. The van der Waals surface area contributed by atoms with E-state index in [0.717, 1.165) is 28.1 Å². The predicted molar refractivity (Wildman–Crippen MR) is 85.6 cm³/mol. The summed E-state index contributed by atoms with van der Waals surface area (Å²) in [6.07, 6.45) is 0. The molecule has 0 aliphatic carbocycles. The Kier molecular flexibility index (Phi) is 4.09. The van der Waals surface area contributed by atoms with E-state index in [1.54, 1.807) is 4.68 Å². The van der Waals surface area contributed by atoms with Gasteiger partial charge in [0.1, 0.15) is 5.82 Å². The maximum atomic E-state index is 5.96. The van der Waals surface area contributed by atoms with E-state index in [1.807, 2.05) is 32.9 Å². The highest BCUT2D eigenvalue weighted by atomic mass is 32.1. The predicted octanol–water partition coefficient (Wildman–Crippen LogP) is 0.507. The average molecular weight is 262 g/mol. The van der Waals surface area contributed by atoms with E-state index in [9.17, 15) is 0 Å². The number of benzene rings is 1. The van der Waals surface area contributed by atoms with Crippen LogP contribution in [0.25, 0.3) is 5.69 Å². The van der Waals surface area contributed by atoms with Crippen molar-refractivity contribution < 1.29 is 0 Å². The van der Waals surface area contributed by atoms with Crippen LogP contribution in [0.2, 0.25) is 0 Å². The Hall–Kier alpha value is -1.16. The third kappa shape index (κ3) is 2.73. The lowest BCUT2D eigenvalue weighted by Crippen LogP contribution is -2.40. The minimum atomic E-state index is -0.260. The molecule has 0 spiro atoms. The van der Waals surface area contributed by atoms with Gasteiger partial charge in [0.2, 0.25) is 4.77 Å². The lowest BCUT2D eigenvalue weighted by atomic mass is 9.03. The van der Waals surface area contributed by atoms with E-state index in [2.05, 4.69) is 10.1 Å². The third-order valence-corrected chi connectivity index (χ3v) is 3.39. The molecule has 1 aromatic carbocycles. The first-order valence-corrected chi connectivity index (χ1v) is 6.42. The second-order valence-electron chi connectivity index (χ2n) is 4.64. The number of hydrogen-bond acceptors (Lipinski definition) is 2. The quantitative estimate of drug-likeness (QED) is 0.645. The lowest BCUT2D eigenvalue weighted by Gasteiger charge is -2.15. The molecule has 3 nitrogen and oxygen atoms in total. The monoisotopic (exact) mass is 262 g/mol. The van der Waals surface area contributed by atoms with Gasteiger partial charge < -0.3 is 0 Å². The largest absolute Gasteiger partial charge is 0.279 e. The van der Waals surface area contributed by atoms with Gasteiger partial charge in [0.25, 0.3) is 0 Å². The first kappa shape index (κ1) is 14.3. The molecule has 19 heavy (non-hydrogen) atoms. The van der Waals surface area contributed by atoms with Crippen LogP contribution in [-0.2, 0) is 0 Å². The highest BCUT2D eigenvalue weighted by molar-refractivity contribution is 7.71. The number of rotatable bonds is 3. The van der Waals surface area contributed by atoms with Gasteiger partial charge >= 0.3 is 0 Å². The molecule has 0 aliphatic heterocycles. The molecule has 0 aliphatic rings. The van der Waals surface area contributed by atoms with Crippen molar-refractivity contribution in [1.29, 1.82) is 0 Å². The van der Waals surface area contributed by atoms with Crippen LogP contribution >= 0.6 is 12.2 Å². The smallest absolute Gasteiger partial charge is 0.220 e. The molecule has 1 N–H and O–H groups in total. The highest BCUT2D eigenvalue weighted by Gasteiger charge is 2.13. The summed E-state index contributed by atoms with van der Waals surface area (Å²) in [6.45, 7) is 5.64. The Morgan fingerprint density at radius 3 is 2.53 bits per heavy atom. The SMILES string of the molecule is [B][B]B([B])c1cc(C)c(-n2[nH]c(C)nc2=S)cc1C. The molecule has 0 fully saturated rings. The molecule has 0 saturated heterocycles. The normalized spacial score (nSPS) is 10.5. The molecule has 0 bridgehead atoms. The minimum absolute atomic E-state index is 0.260. The zero-order valence-corrected chi connectivity index (χ0v) is 12.1. The molecule has 5 radical (unpaired) electrons. The van der Waals surface area contributed by atoms with Gasteiger partial charge in [0.15, 0.2) is 0 Å². The van der Waals surface area contributed by atoms with Crippen LogP contribution in [0.1, 0.15) is 17.0 Å².